The lowest BCUT2D eigenvalue weighted by Crippen LogP contribution is -2.30. The maximum absolute atomic E-state index is 11.6. The quantitative estimate of drug-likeness (QED) is 0.646. The predicted molar refractivity (Wildman–Crippen MR) is 86.6 cm³/mol. The molecule has 4 nitrogen and oxygen atoms in total. The number of urea groups is 1. The van der Waals surface area contributed by atoms with Crippen molar-refractivity contribution in [1.29, 1.82) is 0 Å². The number of nitrogens with one attached hydrogen (secondary N) is 2. The van der Waals surface area contributed by atoms with Gasteiger partial charge in [0.2, 0.25) is 0 Å². The molecule has 112 valence electrons. The molecule has 0 atom stereocenters. The Kier molecular flexibility index (Phi) is 8.14. The van der Waals surface area contributed by atoms with E-state index >= 15 is 0 Å². The third-order valence-electron chi connectivity index (χ3n) is 2.81. The molecule has 3 N–H and O–H groups in total. The third kappa shape index (κ3) is 6.82. The Bertz CT molecular complexity index is 393. The Morgan fingerprint density at radius 2 is 1.95 bits per heavy atom. The van der Waals surface area contributed by atoms with Crippen LogP contribution in [-0.2, 0) is 0 Å². The number of hydrogen-bond acceptors (Lipinski definition) is 3. The van der Waals surface area contributed by atoms with Crippen LogP contribution in [0.5, 0.6) is 0 Å². The number of anilines is 1. The summed E-state index contributed by atoms with van der Waals surface area (Å²) in [5, 5.41) is 14.3. The minimum absolute atomic E-state index is 0.176. The van der Waals surface area contributed by atoms with E-state index < -0.39 is 0 Å². The Hall–Kier alpha value is -1.20. The SMILES string of the molecule is CC(C)c1ccc(NC(=O)NCCSCCCO)cc1. The second-order valence-corrected chi connectivity index (χ2v) is 6.07. The number of aliphatic hydroxyl groups excluding tert-OH is 1. The van der Waals surface area contributed by atoms with E-state index in [1.165, 1.54) is 5.56 Å². The fourth-order valence-corrected chi connectivity index (χ4v) is 2.42. The van der Waals surface area contributed by atoms with Crippen molar-refractivity contribution in [2.24, 2.45) is 0 Å². The summed E-state index contributed by atoms with van der Waals surface area (Å²) >= 11 is 1.73. The molecule has 0 bridgehead atoms. The lowest BCUT2D eigenvalue weighted by molar-refractivity contribution is 0.252. The van der Waals surface area contributed by atoms with Crippen molar-refractivity contribution in [3.63, 3.8) is 0 Å². The van der Waals surface area contributed by atoms with Gasteiger partial charge in [-0.3, -0.25) is 0 Å². The van der Waals surface area contributed by atoms with Gasteiger partial charge in [0.15, 0.2) is 0 Å². The van der Waals surface area contributed by atoms with E-state index in [1.54, 1.807) is 11.8 Å². The molecule has 20 heavy (non-hydrogen) atoms. The molecule has 1 aromatic rings. The summed E-state index contributed by atoms with van der Waals surface area (Å²) in [6.07, 6.45) is 0.805. The summed E-state index contributed by atoms with van der Waals surface area (Å²) in [5.41, 5.74) is 2.07. The molecule has 0 aromatic heterocycles. The van der Waals surface area contributed by atoms with Crippen LogP contribution in [0.1, 0.15) is 31.7 Å². The molecule has 0 spiro atoms. The van der Waals surface area contributed by atoms with Crippen molar-refractivity contribution in [2.75, 3.05) is 30.0 Å². The zero-order valence-corrected chi connectivity index (χ0v) is 13.0. The highest BCUT2D eigenvalue weighted by Gasteiger charge is 2.02. The second kappa shape index (κ2) is 9.66. The molecule has 0 saturated carbocycles. The number of thioether (sulfide) groups is 1. The van der Waals surface area contributed by atoms with E-state index in [0.29, 0.717) is 12.5 Å². The maximum Gasteiger partial charge on any atom is 0.319 e. The average Bonchev–Trinajstić information content (AvgIpc) is 2.43. The number of carbonyl (C=O) groups excluding carboxylic acids is 1. The fourth-order valence-electron chi connectivity index (χ4n) is 1.63. The molecule has 1 aromatic carbocycles. The molecule has 0 heterocycles. The van der Waals surface area contributed by atoms with E-state index in [4.69, 9.17) is 5.11 Å². The van der Waals surface area contributed by atoms with Crippen LogP contribution < -0.4 is 10.6 Å². The van der Waals surface area contributed by atoms with Crippen molar-refractivity contribution < 1.29 is 9.90 Å². The highest BCUT2D eigenvalue weighted by atomic mass is 32.2. The third-order valence-corrected chi connectivity index (χ3v) is 3.88. The molecule has 0 saturated heterocycles. The predicted octanol–water partition coefficient (Wildman–Crippen LogP) is 3.05. The van der Waals surface area contributed by atoms with Gasteiger partial charge >= 0.3 is 6.03 Å². The normalized spacial score (nSPS) is 10.6. The van der Waals surface area contributed by atoms with Crippen molar-refractivity contribution in [2.45, 2.75) is 26.2 Å². The van der Waals surface area contributed by atoms with E-state index in [2.05, 4.69) is 24.5 Å². The minimum atomic E-state index is -0.176. The first-order valence-corrected chi connectivity index (χ1v) is 8.12. The molecule has 0 aliphatic carbocycles. The van der Waals surface area contributed by atoms with Crippen molar-refractivity contribution >= 4 is 23.5 Å². The van der Waals surface area contributed by atoms with Gasteiger partial charge in [0.25, 0.3) is 0 Å². The summed E-state index contributed by atoms with van der Waals surface area (Å²) < 4.78 is 0. The fraction of sp³-hybridized carbons (Fsp3) is 0.533. The summed E-state index contributed by atoms with van der Waals surface area (Å²) in [7, 11) is 0. The van der Waals surface area contributed by atoms with Crippen molar-refractivity contribution in [3.8, 4) is 0 Å². The first-order chi connectivity index (χ1) is 9.63. The van der Waals surface area contributed by atoms with Crippen LogP contribution in [0.15, 0.2) is 24.3 Å². The topological polar surface area (TPSA) is 61.4 Å². The molecule has 5 heteroatoms. The van der Waals surface area contributed by atoms with Crippen LogP contribution in [-0.4, -0.2) is 35.8 Å². The Morgan fingerprint density at radius 3 is 2.55 bits per heavy atom. The summed E-state index contributed by atoms with van der Waals surface area (Å²) in [6, 6.07) is 7.73. The molecule has 0 unspecified atom stereocenters. The summed E-state index contributed by atoms with van der Waals surface area (Å²) in [4.78, 5) is 11.6. The minimum Gasteiger partial charge on any atom is -0.396 e. The van der Waals surface area contributed by atoms with Crippen LogP contribution >= 0.6 is 11.8 Å². The number of amides is 2. The maximum atomic E-state index is 11.6. The van der Waals surface area contributed by atoms with Gasteiger partial charge in [-0.25, -0.2) is 4.79 Å². The van der Waals surface area contributed by atoms with E-state index in [-0.39, 0.29) is 12.6 Å². The molecule has 0 fully saturated rings. The van der Waals surface area contributed by atoms with Crippen molar-refractivity contribution in [1.82, 2.24) is 5.32 Å². The van der Waals surface area contributed by atoms with Gasteiger partial charge in [-0.15, -0.1) is 0 Å². The number of carbonyl (C=O) groups is 1. The lowest BCUT2D eigenvalue weighted by atomic mass is 10.0. The van der Waals surface area contributed by atoms with Gasteiger partial charge < -0.3 is 15.7 Å². The molecule has 0 aliphatic rings. The average molecular weight is 296 g/mol. The van der Waals surface area contributed by atoms with Crippen LogP contribution in [0.25, 0.3) is 0 Å². The molecular formula is C15H24N2O2S. The second-order valence-electron chi connectivity index (χ2n) is 4.85. The zero-order valence-electron chi connectivity index (χ0n) is 12.2. The van der Waals surface area contributed by atoms with E-state index in [9.17, 15) is 4.79 Å². The van der Waals surface area contributed by atoms with E-state index in [1.807, 2.05) is 24.3 Å². The summed E-state index contributed by atoms with van der Waals surface area (Å²) in [6.45, 7) is 5.15. The number of benzene rings is 1. The standard InChI is InChI=1S/C15H24N2O2S/c1-12(2)13-4-6-14(7-5-13)17-15(19)16-8-11-20-10-3-9-18/h4-7,12,18H,3,8-11H2,1-2H3,(H2,16,17,19). The number of aliphatic hydroxyl groups is 1. The van der Waals surface area contributed by atoms with Crippen LogP contribution in [0, 0.1) is 0 Å². The highest BCUT2D eigenvalue weighted by molar-refractivity contribution is 7.99. The van der Waals surface area contributed by atoms with Crippen LogP contribution in [0.3, 0.4) is 0 Å². The molecule has 1 rings (SSSR count). The van der Waals surface area contributed by atoms with Gasteiger partial charge in [0, 0.05) is 24.6 Å². The first-order valence-electron chi connectivity index (χ1n) is 6.97. The molecule has 0 radical (unpaired) electrons. The summed E-state index contributed by atoms with van der Waals surface area (Å²) in [5.74, 6) is 2.28. The van der Waals surface area contributed by atoms with Gasteiger partial charge in [-0.05, 0) is 35.8 Å². The Labute approximate surface area is 125 Å². The van der Waals surface area contributed by atoms with Crippen LogP contribution in [0.2, 0.25) is 0 Å². The van der Waals surface area contributed by atoms with Crippen molar-refractivity contribution in [3.05, 3.63) is 29.8 Å². The van der Waals surface area contributed by atoms with E-state index in [0.717, 1.165) is 23.6 Å². The first kappa shape index (κ1) is 16.9. The largest absolute Gasteiger partial charge is 0.396 e. The Balaban J connectivity index is 2.21. The van der Waals surface area contributed by atoms with Gasteiger partial charge in [0.1, 0.15) is 0 Å². The molecular weight excluding hydrogens is 272 g/mol. The Morgan fingerprint density at radius 1 is 1.25 bits per heavy atom. The monoisotopic (exact) mass is 296 g/mol. The highest BCUT2D eigenvalue weighted by Crippen LogP contribution is 2.16. The van der Waals surface area contributed by atoms with Gasteiger partial charge in [0.05, 0.1) is 0 Å². The molecule has 0 aliphatic heterocycles. The number of hydrogen-bond donors (Lipinski definition) is 3. The number of rotatable bonds is 8. The van der Waals surface area contributed by atoms with Gasteiger partial charge in [-0.1, -0.05) is 26.0 Å². The van der Waals surface area contributed by atoms with Gasteiger partial charge in [-0.2, -0.15) is 11.8 Å². The smallest absolute Gasteiger partial charge is 0.319 e. The zero-order chi connectivity index (χ0) is 14.8. The lowest BCUT2D eigenvalue weighted by Gasteiger charge is -2.09. The molecule has 2 amide bonds. The van der Waals surface area contributed by atoms with Crippen LogP contribution in [0.4, 0.5) is 10.5 Å².